The van der Waals surface area contributed by atoms with E-state index in [-0.39, 0.29) is 0 Å². The van der Waals surface area contributed by atoms with E-state index in [2.05, 4.69) is 34.6 Å². The Labute approximate surface area is 89.3 Å². The Kier molecular flexibility index (Phi) is 1.88. The van der Waals surface area contributed by atoms with Crippen molar-refractivity contribution in [3.63, 3.8) is 0 Å². The molecule has 1 saturated carbocycles. The fourth-order valence-electron chi connectivity index (χ4n) is 2.17. The van der Waals surface area contributed by atoms with Crippen molar-refractivity contribution in [1.82, 2.24) is 4.98 Å². The molecule has 1 heterocycles. The third kappa shape index (κ3) is 1.37. The van der Waals surface area contributed by atoms with Crippen LogP contribution in [0.5, 0.6) is 0 Å². The zero-order valence-corrected chi connectivity index (χ0v) is 8.83. The maximum absolute atomic E-state index is 4.48. The summed E-state index contributed by atoms with van der Waals surface area (Å²) in [6.45, 7) is 0. The highest BCUT2D eigenvalue weighted by molar-refractivity contribution is 5.89. The summed E-state index contributed by atoms with van der Waals surface area (Å²) >= 11 is 0. The zero-order valence-electron chi connectivity index (χ0n) is 8.83. The van der Waals surface area contributed by atoms with Crippen molar-refractivity contribution in [2.45, 2.75) is 18.8 Å². The van der Waals surface area contributed by atoms with Gasteiger partial charge in [-0.25, -0.2) is 4.98 Å². The smallest absolute Gasteiger partial charge is 0.129 e. The van der Waals surface area contributed by atoms with E-state index in [4.69, 9.17) is 0 Å². The summed E-state index contributed by atoms with van der Waals surface area (Å²) < 4.78 is 0. The van der Waals surface area contributed by atoms with E-state index in [1.54, 1.807) is 0 Å². The second-order valence-corrected chi connectivity index (χ2v) is 4.13. The first-order chi connectivity index (χ1) is 7.40. The Balaban J connectivity index is 2.32. The minimum atomic E-state index is 0.728. The fraction of sp³-hybridized carbons (Fsp3) is 0.308. The van der Waals surface area contributed by atoms with Crippen molar-refractivity contribution in [3.05, 3.63) is 36.0 Å². The Morgan fingerprint density at radius 1 is 1.27 bits per heavy atom. The molecule has 2 aromatic rings. The van der Waals surface area contributed by atoms with Crippen LogP contribution in [-0.2, 0) is 0 Å². The number of fused-ring (bicyclic) bond motifs is 1. The van der Waals surface area contributed by atoms with Crippen LogP contribution in [0.4, 0.5) is 5.82 Å². The number of aromatic nitrogens is 1. The topological polar surface area (TPSA) is 24.9 Å². The summed E-state index contributed by atoms with van der Waals surface area (Å²) in [5.74, 6) is 1.78. The predicted octanol–water partition coefficient (Wildman–Crippen LogP) is 3.15. The molecule has 1 aromatic carbocycles. The summed E-state index contributed by atoms with van der Waals surface area (Å²) in [5, 5.41) is 5.81. The third-order valence-corrected chi connectivity index (χ3v) is 3.06. The van der Waals surface area contributed by atoms with E-state index >= 15 is 0 Å². The Bertz CT molecular complexity index is 501. The first kappa shape index (κ1) is 8.72. The number of rotatable bonds is 2. The monoisotopic (exact) mass is 198 g/mol. The summed E-state index contributed by atoms with van der Waals surface area (Å²) in [6.07, 6.45) is 4.57. The number of nitrogens with zero attached hydrogens (tertiary/aromatic N) is 1. The molecule has 0 spiro atoms. The van der Waals surface area contributed by atoms with Gasteiger partial charge in [-0.15, -0.1) is 0 Å². The van der Waals surface area contributed by atoms with Crippen LogP contribution < -0.4 is 5.32 Å². The van der Waals surface area contributed by atoms with Crippen LogP contribution in [0.25, 0.3) is 10.8 Å². The molecule has 2 nitrogen and oxygen atoms in total. The number of nitrogens with one attached hydrogen (secondary N) is 1. The third-order valence-electron chi connectivity index (χ3n) is 3.06. The highest BCUT2D eigenvalue weighted by atomic mass is 15.0. The number of hydrogen-bond acceptors (Lipinski definition) is 2. The van der Waals surface area contributed by atoms with Crippen molar-refractivity contribution >= 4 is 16.6 Å². The van der Waals surface area contributed by atoms with Crippen LogP contribution >= 0.6 is 0 Å². The molecule has 0 radical (unpaired) electrons. The van der Waals surface area contributed by atoms with Gasteiger partial charge in [0, 0.05) is 24.2 Å². The number of benzene rings is 1. The van der Waals surface area contributed by atoms with Crippen LogP contribution in [0.15, 0.2) is 30.5 Å². The van der Waals surface area contributed by atoms with Gasteiger partial charge in [-0.05, 0) is 24.1 Å². The van der Waals surface area contributed by atoms with Crippen molar-refractivity contribution in [1.29, 1.82) is 0 Å². The van der Waals surface area contributed by atoms with Crippen molar-refractivity contribution in [2.24, 2.45) is 0 Å². The average Bonchev–Trinajstić information content (AvgIpc) is 3.11. The molecule has 1 aliphatic rings. The van der Waals surface area contributed by atoms with Crippen LogP contribution in [0, 0.1) is 0 Å². The van der Waals surface area contributed by atoms with Gasteiger partial charge in [-0.1, -0.05) is 24.3 Å². The second-order valence-electron chi connectivity index (χ2n) is 4.13. The number of pyridine rings is 1. The first-order valence-corrected chi connectivity index (χ1v) is 5.45. The first-order valence-electron chi connectivity index (χ1n) is 5.45. The maximum Gasteiger partial charge on any atom is 0.129 e. The van der Waals surface area contributed by atoms with E-state index in [0.717, 1.165) is 11.7 Å². The van der Waals surface area contributed by atoms with E-state index in [1.807, 2.05) is 13.2 Å². The molecule has 1 aliphatic carbocycles. The lowest BCUT2D eigenvalue weighted by molar-refractivity contribution is 1.11. The van der Waals surface area contributed by atoms with Gasteiger partial charge in [0.1, 0.15) is 5.82 Å². The standard InChI is InChI=1S/C13H14N2/c1-14-13-12(9-6-7-9)11-5-3-2-4-10(11)8-15-13/h2-5,8-9H,6-7H2,1H3,(H,14,15). The van der Waals surface area contributed by atoms with E-state index < -0.39 is 0 Å². The quantitative estimate of drug-likeness (QED) is 0.801. The van der Waals surface area contributed by atoms with Crippen molar-refractivity contribution < 1.29 is 0 Å². The summed E-state index contributed by atoms with van der Waals surface area (Å²) in [6, 6.07) is 8.51. The van der Waals surface area contributed by atoms with Gasteiger partial charge in [0.05, 0.1) is 0 Å². The minimum absolute atomic E-state index is 0.728. The minimum Gasteiger partial charge on any atom is -0.373 e. The number of hydrogen-bond donors (Lipinski definition) is 1. The molecule has 76 valence electrons. The molecule has 1 fully saturated rings. The van der Waals surface area contributed by atoms with Crippen LogP contribution in [0.3, 0.4) is 0 Å². The van der Waals surface area contributed by atoms with E-state index in [1.165, 1.54) is 29.2 Å². The Morgan fingerprint density at radius 3 is 2.80 bits per heavy atom. The van der Waals surface area contributed by atoms with Gasteiger partial charge in [0.2, 0.25) is 0 Å². The van der Waals surface area contributed by atoms with Crippen LogP contribution in [0.2, 0.25) is 0 Å². The molecule has 1 aromatic heterocycles. The van der Waals surface area contributed by atoms with Gasteiger partial charge >= 0.3 is 0 Å². The van der Waals surface area contributed by atoms with Crippen molar-refractivity contribution in [3.8, 4) is 0 Å². The lowest BCUT2D eigenvalue weighted by Crippen LogP contribution is -1.98. The van der Waals surface area contributed by atoms with Gasteiger partial charge in [-0.2, -0.15) is 0 Å². The molecule has 0 saturated heterocycles. The molecular weight excluding hydrogens is 184 g/mol. The van der Waals surface area contributed by atoms with Gasteiger partial charge < -0.3 is 5.32 Å². The number of anilines is 1. The van der Waals surface area contributed by atoms with E-state index in [0.29, 0.717) is 0 Å². The Morgan fingerprint density at radius 2 is 2.07 bits per heavy atom. The normalized spacial score (nSPS) is 15.5. The van der Waals surface area contributed by atoms with Gasteiger partial charge in [0.15, 0.2) is 0 Å². The van der Waals surface area contributed by atoms with Gasteiger partial charge in [0.25, 0.3) is 0 Å². The van der Waals surface area contributed by atoms with Crippen molar-refractivity contribution in [2.75, 3.05) is 12.4 Å². The summed E-state index contributed by atoms with van der Waals surface area (Å²) in [7, 11) is 1.95. The molecule has 1 N–H and O–H groups in total. The highest BCUT2D eigenvalue weighted by Crippen LogP contribution is 2.45. The fourth-order valence-corrected chi connectivity index (χ4v) is 2.17. The molecule has 2 heteroatoms. The zero-order chi connectivity index (χ0) is 10.3. The Hall–Kier alpha value is -1.57. The van der Waals surface area contributed by atoms with Crippen LogP contribution in [-0.4, -0.2) is 12.0 Å². The predicted molar refractivity (Wildman–Crippen MR) is 63.3 cm³/mol. The molecule has 0 amide bonds. The lowest BCUT2D eigenvalue weighted by atomic mass is 10.0. The SMILES string of the molecule is CNc1ncc2ccccc2c1C1CC1. The molecule has 0 aliphatic heterocycles. The van der Waals surface area contributed by atoms with E-state index in [9.17, 15) is 0 Å². The lowest BCUT2D eigenvalue weighted by Gasteiger charge is -2.10. The molecular formula is C13H14N2. The molecule has 15 heavy (non-hydrogen) atoms. The van der Waals surface area contributed by atoms with Gasteiger partial charge in [-0.3, -0.25) is 0 Å². The largest absolute Gasteiger partial charge is 0.373 e. The summed E-state index contributed by atoms with van der Waals surface area (Å²) in [4.78, 5) is 4.48. The molecule has 0 atom stereocenters. The molecule has 0 bridgehead atoms. The average molecular weight is 198 g/mol. The summed E-state index contributed by atoms with van der Waals surface area (Å²) in [5.41, 5.74) is 1.41. The van der Waals surface area contributed by atoms with Crippen LogP contribution in [0.1, 0.15) is 24.3 Å². The maximum atomic E-state index is 4.48. The molecule has 3 rings (SSSR count). The highest BCUT2D eigenvalue weighted by Gasteiger charge is 2.28. The second kappa shape index (κ2) is 3.23. The molecule has 0 unspecified atom stereocenters.